The number of hydrogen-bond donors (Lipinski definition) is 2. The van der Waals surface area contributed by atoms with Gasteiger partial charge in [-0.15, -0.1) is 0 Å². The van der Waals surface area contributed by atoms with Gasteiger partial charge in [0.25, 0.3) is 5.56 Å². The molecule has 0 spiro atoms. The second-order valence-electron chi connectivity index (χ2n) is 3.33. The number of halogens is 1. The van der Waals surface area contributed by atoms with Crippen LogP contribution in [0.2, 0.25) is 5.02 Å². The minimum atomic E-state index is -0.898. The van der Waals surface area contributed by atoms with E-state index in [-0.39, 0.29) is 15.9 Å². The lowest BCUT2D eigenvalue weighted by atomic mass is 10.1. The molecule has 0 bridgehead atoms. The summed E-state index contributed by atoms with van der Waals surface area (Å²) in [4.78, 5) is 25.4. The molecule has 0 aliphatic rings. The number of carbonyl (C=O) groups excluding carboxylic acids is 1. The van der Waals surface area contributed by atoms with Crippen molar-refractivity contribution in [1.29, 1.82) is 0 Å². The van der Waals surface area contributed by atoms with Crippen LogP contribution in [0.15, 0.2) is 23.0 Å². The second-order valence-corrected chi connectivity index (χ2v) is 3.74. The third-order valence-corrected chi connectivity index (χ3v) is 2.68. The third kappa shape index (κ3) is 1.74. The predicted octanol–water partition coefficient (Wildman–Crippen LogP) is 1.67. The Labute approximate surface area is 101 Å². The van der Waals surface area contributed by atoms with E-state index in [2.05, 4.69) is 9.72 Å². The van der Waals surface area contributed by atoms with Gasteiger partial charge in [-0.2, -0.15) is 0 Å². The van der Waals surface area contributed by atoms with Gasteiger partial charge in [0, 0.05) is 5.39 Å². The van der Waals surface area contributed by atoms with Crippen molar-refractivity contribution in [3.8, 4) is 5.75 Å². The Bertz CT molecular complexity index is 662. The highest BCUT2D eigenvalue weighted by molar-refractivity contribution is 6.35. The summed E-state index contributed by atoms with van der Waals surface area (Å²) in [6, 6.07) is 4.71. The van der Waals surface area contributed by atoms with Gasteiger partial charge in [-0.25, -0.2) is 4.79 Å². The first-order chi connectivity index (χ1) is 8.06. The lowest BCUT2D eigenvalue weighted by Gasteiger charge is -2.06. The number of nitrogens with one attached hydrogen (secondary N) is 1. The van der Waals surface area contributed by atoms with Crippen LogP contribution in [0, 0.1) is 0 Å². The number of hydrogen-bond acceptors (Lipinski definition) is 4. The molecule has 0 aliphatic heterocycles. The van der Waals surface area contributed by atoms with E-state index in [4.69, 9.17) is 11.6 Å². The Hall–Kier alpha value is -2.01. The van der Waals surface area contributed by atoms with Crippen molar-refractivity contribution in [2.45, 2.75) is 0 Å². The van der Waals surface area contributed by atoms with Gasteiger partial charge >= 0.3 is 5.97 Å². The van der Waals surface area contributed by atoms with E-state index in [9.17, 15) is 14.7 Å². The summed E-state index contributed by atoms with van der Waals surface area (Å²) in [5.41, 5.74) is -0.887. The minimum Gasteiger partial charge on any atom is -0.506 e. The summed E-state index contributed by atoms with van der Waals surface area (Å²) < 4.78 is 4.43. The van der Waals surface area contributed by atoms with Gasteiger partial charge in [-0.1, -0.05) is 17.7 Å². The molecule has 5 nitrogen and oxygen atoms in total. The van der Waals surface area contributed by atoms with Gasteiger partial charge in [-0.05, 0) is 12.1 Å². The summed E-state index contributed by atoms with van der Waals surface area (Å²) >= 11 is 5.87. The van der Waals surface area contributed by atoms with Crippen LogP contribution >= 0.6 is 11.6 Å². The Morgan fingerprint density at radius 1 is 1.47 bits per heavy atom. The van der Waals surface area contributed by atoms with Crippen LogP contribution in [0.3, 0.4) is 0 Å². The van der Waals surface area contributed by atoms with Crippen LogP contribution in [0.1, 0.15) is 10.4 Å². The van der Waals surface area contributed by atoms with Gasteiger partial charge in [0.2, 0.25) is 0 Å². The first-order valence-electron chi connectivity index (χ1n) is 4.68. The number of H-pyrrole nitrogens is 1. The van der Waals surface area contributed by atoms with Crippen molar-refractivity contribution in [1.82, 2.24) is 4.98 Å². The molecule has 0 radical (unpaired) electrons. The van der Waals surface area contributed by atoms with E-state index in [1.807, 2.05) is 0 Å². The normalized spacial score (nSPS) is 10.5. The fourth-order valence-electron chi connectivity index (χ4n) is 1.56. The molecule has 1 heterocycles. The van der Waals surface area contributed by atoms with Gasteiger partial charge in [0.05, 0.1) is 17.6 Å². The van der Waals surface area contributed by atoms with Crippen molar-refractivity contribution >= 4 is 28.5 Å². The molecule has 2 rings (SSSR count). The largest absolute Gasteiger partial charge is 0.506 e. The number of para-hydroxylation sites is 1. The molecular formula is C11H8ClNO4. The number of benzene rings is 1. The number of rotatable bonds is 1. The maximum atomic E-state index is 11.6. The Balaban J connectivity index is 2.91. The average molecular weight is 254 g/mol. The molecule has 0 aliphatic carbocycles. The van der Waals surface area contributed by atoms with E-state index in [0.29, 0.717) is 0 Å². The van der Waals surface area contributed by atoms with Gasteiger partial charge < -0.3 is 14.8 Å². The third-order valence-electron chi connectivity index (χ3n) is 2.36. The number of aromatic amines is 1. The fourth-order valence-corrected chi connectivity index (χ4v) is 1.78. The Kier molecular flexibility index (Phi) is 2.77. The Morgan fingerprint density at radius 2 is 2.18 bits per heavy atom. The Morgan fingerprint density at radius 3 is 2.82 bits per heavy atom. The molecule has 0 amide bonds. The smallest absolute Gasteiger partial charge is 0.347 e. The summed E-state index contributed by atoms with van der Waals surface area (Å²) in [6.45, 7) is 0. The molecule has 0 saturated heterocycles. The summed E-state index contributed by atoms with van der Waals surface area (Å²) in [5, 5.41) is 10.4. The van der Waals surface area contributed by atoms with Crippen LogP contribution in [-0.2, 0) is 4.74 Å². The van der Waals surface area contributed by atoms with Crippen molar-refractivity contribution in [2.24, 2.45) is 0 Å². The van der Waals surface area contributed by atoms with Crippen molar-refractivity contribution in [3.63, 3.8) is 0 Å². The van der Waals surface area contributed by atoms with Gasteiger partial charge in [0.1, 0.15) is 5.75 Å². The minimum absolute atomic E-state index is 0.282. The molecule has 1 aromatic carbocycles. The number of aromatic hydroxyl groups is 1. The first-order valence-corrected chi connectivity index (χ1v) is 5.06. The van der Waals surface area contributed by atoms with Crippen LogP contribution in [0.25, 0.3) is 10.9 Å². The maximum Gasteiger partial charge on any atom is 0.347 e. The molecular weight excluding hydrogens is 246 g/mol. The number of aromatic nitrogens is 1. The topological polar surface area (TPSA) is 79.4 Å². The van der Waals surface area contributed by atoms with E-state index in [1.54, 1.807) is 18.2 Å². The number of pyridine rings is 1. The van der Waals surface area contributed by atoms with Crippen LogP contribution < -0.4 is 5.56 Å². The molecule has 0 saturated carbocycles. The van der Waals surface area contributed by atoms with Crippen LogP contribution in [0.5, 0.6) is 5.75 Å². The number of methoxy groups -OCH3 is 1. The summed E-state index contributed by atoms with van der Waals surface area (Å²) in [6.07, 6.45) is 0. The molecule has 88 valence electrons. The molecule has 2 N–H and O–H groups in total. The van der Waals surface area contributed by atoms with Gasteiger partial charge in [-0.3, -0.25) is 4.79 Å². The SMILES string of the molecule is COC(=O)c1c(O)c2cccc(Cl)c2[nH]c1=O. The number of esters is 1. The van der Waals surface area contributed by atoms with Crippen molar-refractivity contribution in [3.05, 3.63) is 39.1 Å². The standard InChI is InChI=1S/C11H8ClNO4/c1-17-11(16)7-9(14)5-3-2-4-6(12)8(5)13-10(7)15/h2-4H,1H3,(H2,13,14,15). The first kappa shape index (κ1) is 11.5. The van der Waals surface area contributed by atoms with E-state index in [1.165, 1.54) is 0 Å². The van der Waals surface area contributed by atoms with E-state index < -0.39 is 22.8 Å². The van der Waals surface area contributed by atoms with E-state index >= 15 is 0 Å². The van der Waals surface area contributed by atoms with Crippen molar-refractivity contribution in [2.75, 3.05) is 7.11 Å². The molecule has 0 atom stereocenters. The lowest BCUT2D eigenvalue weighted by Crippen LogP contribution is -2.19. The average Bonchev–Trinajstić information content (AvgIpc) is 2.30. The zero-order valence-corrected chi connectivity index (χ0v) is 9.54. The highest BCUT2D eigenvalue weighted by Crippen LogP contribution is 2.29. The summed E-state index contributed by atoms with van der Waals surface area (Å²) in [5.74, 6) is -1.33. The highest BCUT2D eigenvalue weighted by atomic mass is 35.5. The highest BCUT2D eigenvalue weighted by Gasteiger charge is 2.20. The lowest BCUT2D eigenvalue weighted by molar-refractivity contribution is 0.0595. The molecule has 6 heteroatoms. The molecule has 0 fully saturated rings. The zero-order valence-electron chi connectivity index (χ0n) is 8.78. The number of fused-ring (bicyclic) bond motifs is 1. The zero-order chi connectivity index (χ0) is 12.6. The number of carbonyl (C=O) groups is 1. The molecule has 2 aromatic rings. The van der Waals surface area contributed by atoms with Crippen LogP contribution in [0.4, 0.5) is 0 Å². The van der Waals surface area contributed by atoms with Crippen LogP contribution in [-0.4, -0.2) is 23.2 Å². The monoisotopic (exact) mass is 253 g/mol. The summed E-state index contributed by atoms with van der Waals surface area (Å²) in [7, 11) is 1.13. The molecule has 1 aromatic heterocycles. The maximum absolute atomic E-state index is 11.6. The number of ether oxygens (including phenoxy) is 1. The van der Waals surface area contributed by atoms with Crippen molar-refractivity contribution < 1.29 is 14.6 Å². The van der Waals surface area contributed by atoms with Gasteiger partial charge in [0.15, 0.2) is 5.56 Å². The molecule has 0 unspecified atom stereocenters. The fraction of sp³-hybridized carbons (Fsp3) is 0.0909. The quantitative estimate of drug-likeness (QED) is 0.758. The van der Waals surface area contributed by atoms with E-state index in [0.717, 1.165) is 7.11 Å². The second kappa shape index (κ2) is 4.10. The predicted molar refractivity (Wildman–Crippen MR) is 62.6 cm³/mol. The molecule has 17 heavy (non-hydrogen) atoms.